The Labute approximate surface area is 131 Å². The van der Waals surface area contributed by atoms with Crippen molar-refractivity contribution in [2.75, 3.05) is 18.7 Å². The number of carbonyl (C=O) groups excluding carboxylic acids is 1. The van der Waals surface area contributed by atoms with Crippen LogP contribution in [0.1, 0.15) is 37.0 Å². The maximum absolute atomic E-state index is 12.0. The summed E-state index contributed by atoms with van der Waals surface area (Å²) in [5.41, 5.74) is 0.438. The topological polar surface area (TPSA) is 63.2 Å². The van der Waals surface area contributed by atoms with E-state index in [4.69, 9.17) is 11.6 Å². The van der Waals surface area contributed by atoms with E-state index in [1.807, 2.05) is 0 Å². The smallest absolute Gasteiger partial charge is 0.251 e. The second-order valence-corrected chi connectivity index (χ2v) is 8.33. The second kappa shape index (κ2) is 7.27. The number of amides is 1. The molecule has 1 amide bonds. The normalized spacial score (nSPS) is 12.2. The zero-order chi connectivity index (χ0) is 16.1. The number of hydrogen-bond acceptors (Lipinski definition) is 3. The van der Waals surface area contributed by atoms with E-state index in [9.17, 15) is 13.2 Å². The molecule has 0 spiro atoms. The standard InChI is InChI=1S/C15H22ClNO3S/c1-15(2,9-4-10-16)11-17-14(18)12-5-7-13(8-6-12)21(3,19)20/h5-8H,4,9-11H2,1-3H3,(H,17,18). The molecule has 0 radical (unpaired) electrons. The lowest BCUT2D eigenvalue weighted by Crippen LogP contribution is -2.34. The van der Waals surface area contributed by atoms with Crippen LogP contribution in [0.5, 0.6) is 0 Å². The number of halogens is 1. The molecule has 0 atom stereocenters. The predicted molar refractivity (Wildman–Crippen MR) is 85.6 cm³/mol. The van der Waals surface area contributed by atoms with E-state index in [0.29, 0.717) is 18.0 Å². The molecule has 0 saturated carbocycles. The van der Waals surface area contributed by atoms with E-state index >= 15 is 0 Å². The molecule has 118 valence electrons. The molecule has 0 unspecified atom stereocenters. The molecule has 0 bridgehead atoms. The number of alkyl halides is 1. The number of nitrogens with one attached hydrogen (secondary N) is 1. The molecule has 1 aromatic carbocycles. The van der Waals surface area contributed by atoms with Gasteiger partial charge in [-0.2, -0.15) is 0 Å². The zero-order valence-electron chi connectivity index (χ0n) is 12.6. The Bertz CT molecular complexity index is 579. The maximum atomic E-state index is 12.0. The van der Waals surface area contributed by atoms with Crippen LogP contribution >= 0.6 is 11.6 Å². The molecule has 0 aliphatic rings. The van der Waals surface area contributed by atoms with Crippen molar-refractivity contribution < 1.29 is 13.2 Å². The molecule has 1 N–H and O–H groups in total. The van der Waals surface area contributed by atoms with Crippen LogP contribution in [0, 0.1) is 5.41 Å². The first-order valence-electron chi connectivity index (χ1n) is 6.80. The van der Waals surface area contributed by atoms with E-state index in [1.54, 1.807) is 0 Å². The average Bonchev–Trinajstić information content (AvgIpc) is 2.42. The van der Waals surface area contributed by atoms with Gasteiger partial charge in [0, 0.05) is 24.2 Å². The molecule has 0 fully saturated rings. The average molecular weight is 332 g/mol. The van der Waals surface area contributed by atoms with Crippen LogP contribution in [-0.4, -0.2) is 33.0 Å². The third-order valence-electron chi connectivity index (χ3n) is 3.26. The van der Waals surface area contributed by atoms with Gasteiger partial charge in [0.05, 0.1) is 4.90 Å². The van der Waals surface area contributed by atoms with Gasteiger partial charge >= 0.3 is 0 Å². The minimum absolute atomic E-state index is 0.0166. The second-order valence-electron chi connectivity index (χ2n) is 5.94. The summed E-state index contributed by atoms with van der Waals surface area (Å²) in [5, 5.41) is 2.87. The van der Waals surface area contributed by atoms with Crippen molar-refractivity contribution in [2.24, 2.45) is 5.41 Å². The fraction of sp³-hybridized carbons (Fsp3) is 0.533. The van der Waals surface area contributed by atoms with Gasteiger partial charge in [-0.1, -0.05) is 13.8 Å². The van der Waals surface area contributed by atoms with Crippen LogP contribution in [0.15, 0.2) is 29.2 Å². The molecule has 1 rings (SSSR count). The van der Waals surface area contributed by atoms with Crippen LogP contribution in [0.3, 0.4) is 0 Å². The SMILES string of the molecule is CC(C)(CCCCl)CNC(=O)c1ccc(S(C)(=O)=O)cc1. The quantitative estimate of drug-likeness (QED) is 0.781. The maximum Gasteiger partial charge on any atom is 0.251 e. The molecular formula is C15H22ClNO3S. The van der Waals surface area contributed by atoms with Crippen molar-refractivity contribution in [3.8, 4) is 0 Å². The third kappa shape index (κ3) is 6.06. The van der Waals surface area contributed by atoms with Gasteiger partial charge in [0.25, 0.3) is 5.91 Å². The summed E-state index contributed by atoms with van der Waals surface area (Å²) in [5.74, 6) is 0.415. The Hall–Kier alpha value is -1.07. The van der Waals surface area contributed by atoms with Gasteiger partial charge in [0.1, 0.15) is 0 Å². The summed E-state index contributed by atoms with van der Waals surface area (Å²) in [6.45, 7) is 4.70. The van der Waals surface area contributed by atoms with Crippen LogP contribution in [0.25, 0.3) is 0 Å². The summed E-state index contributed by atoms with van der Waals surface area (Å²) in [4.78, 5) is 12.2. The fourth-order valence-electron chi connectivity index (χ4n) is 1.91. The molecular weight excluding hydrogens is 310 g/mol. The highest BCUT2D eigenvalue weighted by molar-refractivity contribution is 7.90. The minimum atomic E-state index is -3.24. The molecule has 4 nitrogen and oxygen atoms in total. The van der Waals surface area contributed by atoms with Gasteiger partial charge in [-0.15, -0.1) is 11.6 Å². The van der Waals surface area contributed by atoms with Crippen molar-refractivity contribution in [2.45, 2.75) is 31.6 Å². The minimum Gasteiger partial charge on any atom is -0.352 e. The monoisotopic (exact) mass is 331 g/mol. The van der Waals surface area contributed by atoms with Crippen molar-refractivity contribution in [1.29, 1.82) is 0 Å². The van der Waals surface area contributed by atoms with Gasteiger partial charge in [0.2, 0.25) is 0 Å². The number of benzene rings is 1. The first-order chi connectivity index (χ1) is 9.65. The van der Waals surface area contributed by atoms with E-state index in [1.165, 1.54) is 24.3 Å². The lowest BCUT2D eigenvalue weighted by molar-refractivity contribution is 0.0934. The number of rotatable bonds is 7. The molecule has 0 aromatic heterocycles. The highest BCUT2D eigenvalue weighted by Gasteiger charge is 2.19. The van der Waals surface area contributed by atoms with Crippen LogP contribution in [0.4, 0.5) is 0 Å². The molecule has 0 aliphatic carbocycles. The van der Waals surface area contributed by atoms with E-state index < -0.39 is 9.84 Å². The Morgan fingerprint density at radius 1 is 1.24 bits per heavy atom. The summed E-state index contributed by atoms with van der Waals surface area (Å²) >= 11 is 5.68. The Morgan fingerprint density at radius 3 is 2.29 bits per heavy atom. The van der Waals surface area contributed by atoms with Crippen LogP contribution < -0.4 is 5.32 Å². The summed E-state index contributed by atoms with van der Waals surface area (Å²) in [6.07, 6.45) is 2.98. The number of hydrogen-bond donors (Lipinski definition) is 1. The summed E-state index contributed by atoms with van der Waals surface area (Å²) < 4.78 is 22.7. The Morgan fingerprint density at radius 2 is 1.81 bits per heavy atom. The fourth-order valence-corrected chi connectivity index (χ4v) is 2.67. The van der Waals surface area contributed by atoms with Crippen molar-refractivity contribution in [3.05, 3.63) is 29.8 Å². The zero-order valence-corrected chi connectivity index (χ0v) is 14.2. The largest absolute Gasteiger partial charge is 0.352 e. The van der Waals surface area contributed by atoms with Crippen LogP contribution in [0.2, 0.25) is 0 Å². The van der Waals surface area contributed by atoms with Gasteiger partial charge in [-0.3, -0.25) is 4.79 Å². The molecule has 6 heteroatoms. The van der Waals surface area contributed by atoms with Gasteiger partial charge < -0.3 is 5.32 Å². The molecule has 0 aliphatic heterocycles. The number of sulfone groups is 1. The first-order valence-corrected chi connectivity index (χ1v) is 9.23. The van der Waals surface area contributed by atoms with E-state index in [-0.39, 0.29) is 16.2 Å². The Balaban J connectivity index is 2.64. The molecule has 0 heterocycles. The highest BCUT2D eigenvalue weighted by atomic mass is 35.5. The van der Waals surface area contributed by atoms with E-state index in [2.05, 4.69) is 19.2 Å². The lowest BCUT2D eigenvalue weighted by atomic mass is 9.88. The predicted octanol–water partition coefficient (Wildman–Crippen LogP) is 2.87. The first kappa shape index (κ1) is 18.0. The van der Waals surface area contributed by atoms with Gasteiger partial charge in [-0.05, 0) is 42.5 Å². The van der Waals surface area contributed by atoms with Crippen LogP contribution in [-0.2, 0) is 9.84 Å². The van der Waals surface area contributed by atoms with Gasteiger partial charge in [-0.25, -0.2) is 8.42 Å². The molecule has 21 heavy (non-hydrogen) atoms. The van der Waals surface area contributed by atoms with Crippen molar-refractivity contribution in [3.63, 3.8) is 0 Å². The molecule has 1 aromatic rings. The highest BCUT2D eigenvalue weighted by Crippen LogP contribution is 2.21. The van der Waals surface area contributed by atoms with Crippen molar-refractivity contribution in [1.82, 2.24) is 5.32 Å². The summed E-state index contributed by atoms with van der Waals surface area (Å²) in [6, 6.07) is 5.95. The third-order valence-corrected chi connectivity index (χ3v) is 4.66. The van der Waals surface area contributed by atoms with E-state index in [0.717, 1.165) is 19.1 Å². The molecule has 0 saturated heterocycles. The number of carbonyl (C=O) groups is 1. The van der Waals surface area contributed by atoms with Crippen molar-refractivity contribution >= 4 is 27.3 Å². The lowest BCUT2D eigenvalue weighted by Gasteiger charge is -2.24. The van der Waals surface area contributed by atoms with Gasteiger partial charge in [0.15, 0.2) is 9.84 Å². The Kier molecular flexibility index (Phi) is 6.23. The summed E-state index contributed by atoms with van der Waals surface area (Å²) in [7, 11) is -3.24.